The van der Waals surface area contributed by atoms with Crippen LogP contribution in [-0.2, 0) is 11.2 Å². The zero-order valence-corrected chi connectivity index (χ0v) is 13.9. The van der Waals surface area contributed by atoms with Crippen molar-refractivity contribution < 1.29 is 4.79 Å². The summed E-state index contributed by atoms with van der Waals surface area (Å²) in [6.45, 7) is 5.20. The van der Waals surface area contributed by atoms with E-state index in [0.717, 1.165) is 25.2 Å². The summed E-state index contributed by atoms with van der Waals surface area (Å²) in [6.07, 6.45) is 3.71. The van der Waals surface area contributed by atoms with Crippen LogP contribution in [0.15, 0.2) is 18.2 Å². The van der Waals surface area contributed by atoms with E-state index in [0.29, 0.717) is 28.9 Å². The van der Waals surface area contributed by atoms with Gasteiger partial charge < -0.3 is 5.32 Å². The first-order valence-electron chi connectivity index (χ1n) is 7.51. The van der Waals surface area contributed by atoms with E-state index in [1.165, 1.54) is 12.8 Å². The third kappa shape index (κ3) is 5.17. The van der Waals surface area contributed by atoms with Gasteiger partial charge in [0.15, 0.2) is 0 Å². The molecule has 1 heterocycles. The van der Waals surface area contributed by atoms with E-state index in [-0.39, 0.29) is 5.91 Å². The fraction of sp³-hybridized carbons (Fsp3) is 0.562. The molecule has 0 bridgehead atoms. The molecule has 1 aromatic rings. The first kappa shape index (κ1) is 16.6. The molecule has 1 amide bonds. The summed E-state index contributed by atoms with van der Waals surface area (Å²) in [5.74, 6) is 0.0899. The molecule has 0 aromatic heterocycles. The van der Waals surface area contributed by atoms with Crippen LogP contribution >= 0.6 is 23.2 Å². The zero-order valence-electron chi connectivity index (χ0n) is 12.4. The first-order chi connectivity index (χ1) is 10.1. The van der Waals surface area contributed by atoms with Gasteiger partial charge in [-0.2, -0.15) is 0 Å². The summed E-state index contributed by atoms with van der Waals surface area (Å²) in [7, 11) is 0. The molecule has 0 saturated carbocycles. The maximum absolute atomic E-state index is 11.9. The van der Waals surface area contributed by atoms with Crippen molar-refractivity contribution in [2.75, 3.05) is 19.6 Å². The molecule has 1 N–H and O–H groups in total. The number of nitrogens with one attached hydrogen (secondary N) is 1. The van der Waals surface area contributed by atoms with Gasteiger partial charge in [0.25, 0.3) is 0 Å². The van der Waals surface area contributed by atoms with Crippen LogP contribution in [-0.4, -0.2) is 36.5 Å². The summed E-state index contributed by atoms with van der Waals surface area (Å²) in [5.41, 5.74) is 1.03. The summed E-state index contributed by atoms with van der Waals surface area (Å²) >= 11 is 11.8. The minimum absolute atomic E-state index is 0.0899. The van der Waals surface area contributed by atoms with E-state index in [9.17, 15) is 4.79 Å². The average molecular weight is 329 g/mol. The van der Waals surface area contributed by atoms with Crippen molar-refractivity contribution >= 4 is 29.1 Å². The van der Waals surface area contributed by atoms with E-state index < -0.39 is 0 Å². The van der Waals surface area contributed by atoms with Gasteiger partial charge >= 0.3 is 0 Å². The van der Waals surface area contributed by atoms with Crippen LogP contribution in [0.25, 0.3) is 0 Å². The monoisotopic (exact) mass is 328 g/mol. The Morgan fingerprint density at radius 3 is 2.67 bits per heavy atom. The van der Waals surface area contributed by atoms with E-state index in [4.69, 9.17) is 23.2 Å². The van der Waals surface area contributed by atoms with Crippen molar-refractivity contribution in [3.8, 4) is 0 Å². The van der Waals surface area contributed by atoms with Crippen LogP contribution in [0.1, 0.15) is 31.7 Å². The second kappa shape index (κ2) is 8.02. The van der Waals surface area contributed by atoms with Gasteiger partial charge in [0.05, 0.1) is 10.0 Å². The van der Waals surface area contributed by atoms with Crippen molar-refractivity contribution in [3.63, 3.8) is 0 Å². The number of likely N-dealkylation sites (tertiary alicyclic amines) is 1. The van der Waals surface area contributed by atoms with Crippen molar-refractivity contribution in [3.05, 3.63) is 33.8 Å². The predicted molar refractivity (Wildman–Crippen MR) is 88.1 cm³/mol. The number of halogens is 2. The second-order valence-electron chi connectivity index (χ2n) is 5.64. The Kier molecular flexibility index (Phi) is 6.34. The van der Waals surface area contributed by atoms with Gasteiger partial charge in [0.2, 0.25) is 5.91 Å². The predicted octanol–water partition coefficient (Wildman–Crippen LogP) is 3.53. The molecule has 3 nitrogen and oxygen atoms in total. The normalized spacial score (nSPS) is 16.9. The Morgan fingerprint density at radius 1 is 1.29 bits per heavy atom. The summed E-state index contributed by atoms with van der Waals surface area (Å²) < 4.78 is 0. The molecule has 5 heteroatoms. The van der Waals surface area contributed by atoms with Crippen molar-refractivity contribution in [2.45, 2.75) is 38.6 Å². The van der Waals surface area contributed by atoms with Gasteiger partial charge in [-0.15, -0.1) is 0 Å². The molecular weight excluding hydrogens is 307 g/mol. The van der Waals surface area contributed by atoms with Crippen molar-refractivity contribution in [1.29, 1.82) is 0 Å². The molecule has 1 aliphatic rings. The molecule has 0 aliphatic carbocycles. The standard InChI is InChI=1S/C16H22Cl2N2O/c1-12(20-8-2-3-9-20)11-19-16(21)7-5-13-4-6-14(17)15(18)10-13/h4,6,10,12H,2-3,5,7-9,11H2,1H3,(H,19,21). The Hall–Kier alpha value is -0.770. The maximum Gasteiger partial charge on any atom is 0.220 e. The molecule has 2 rings (SSSR count). The molecule has 1 aliphatic heterocycles. The number of nitrogens with zero attached hydrogens (tertiary/aromatic N) is 1. The highest BCUT2D eigenvalue weighted by Gasteiger charge is 2.18. The van der Waals surface area contributed by atoms with Crippen molar-refractivity contribution in [2.24, 2.45) is 0 Å². The van der Waals surface area contributed by atoms with E-state index in [1.807, 2.05) is 12.1 Å². The van der Waals surface area contributed by atoms with Crippen LogP contribution in [0.4, 0.5) is 0 Å². The minimum atomic E-state index is 0.0899. The lowest BCUT2D eigenvalue weighted by molar-refractivity contribution is -0.121. The molecule has 116 valence electrons. The van der Waals surface area contributed by atoms with Crippen LogP contribution in [0.2, 0.25) is 10.0 Å². The SMILES string of the molecule is CC(CNC(=O)CCc1ccc(Cl)c(Cl)c1)N1CCCC1. The maximum atomic E-state index is 11.9. The smallest absolute Gasteiger partial charge is 0.220 e. The third-order valence-corrected chi connectivity index (χ3v) is 4.72. The lowest BCUT2D eigenvalue weighted by Gasteiger charge is -2.23. The number of hydrogen-bond donors (Lipinski definition) is 1. The van der Waals surface area contributed by atoms with Gasteiger partial charge in [-0.1, -0.05) is 29.3 Å². The molecule has 1 saturated heterocycles. The second-order valence-corrected chi connectivity index (χ2v) is 6.46. The van der Waals surface area contributed by atoms with Crippen LogP contribution < -0.4 is 5.32 Å². The average Bonchev–Trinajstić information content (AvgIpc) is 3.00. The molecule has 21 heavy (non-hydrogen) atoms. The highest BCUT2D eigenvalue weighted by atomic mass is 35.5. The summed E-state index contributed by atoms with van der Waals surface area (Å²) in [5, 5.41) is 4.10. The first-order valence-corrected chi connectivity index (χ1v) is 8.26. The molecule has 1 aromatic carbocycles. The lowest BCUT2D eigenvalue weighted by atomic mass is 10.1. The highest BCUT2D eigenvalue weighted by Crippen LogP contribution is 2.23. The quantitative estimate of drug-likeness (QED) is 0.866. The minimum Gasteiger partial charge on any atom is -0.355 e. The van der Waals surface area contributed by atoms with Crippen LogP contribution in [0, 0.1) is 0 Å². The summed E-state index contributed by atoms with van der Waals surface area (Å²) in [6, 6.07) is 5.92. The van der Waals surface area contributed by atoms with Crippen LogP contribution in [0.5, 0.6) is 0 Å². The zero-order chi connectivity index (χ0) is 15.2. The fourth-order valence-electron chi connectivity index (χ4n) is 2.61. The van der Waals surface area contributed by atoms with E-state index in [2.05, 4.69) is 17.1 Å². The van der Waals surface area contributed by atoms with Crippen molar-refractivity contribution in [1.82, 2.24) is 10.2 Å². The number of aryl methyl sites for hydroxylation is 1. The number of carbonyl (C=O) groups is 1. The largest absolute Gasteiger partial charge is 0.355 e. The molecule has 1 atom stereocenters. The highest BCUT2D eigenvalue weighted by molar-refractivity contribution is 6.42. The molecular formula is C16H22Cl2N2O. The number of hydrogen-bond acceptors (Lipinski definition) is 2. The van der Waals surface area contributed by atoms with E-state index >= 15 is 0 Å². The van der Waals surface area contributed by atoms with Gasteiger partial charge in [0.1, 0.15) is 0 Å². The van der Waals surface area contributed by atoms with Gasteiger partial charge in [0, 0.05) is 19.0 Å². The number of carbonyl (C=O) groups excluding carboxylic acids is 1. The van der Waals surface area contributed by atoms with Gasteiger partial charge in [-0.05, 0) is 57.0 Å². The fourth-order valence-corrected chi connectivity index (χ4v) is 2.94. The Labute approximate surface area is 136 Å². The number of amides is 1. The Morgan fingerprint density at radius 2 is 2.00 bits per heavy atom. The molecule has 1 unspecified atom stereocenters. The third-order valence-electron chi connectivity index (χ3n) is 3.98. The molecule has 0 radical (unpaired) electrons. The topological polar surface area (TPSA) is 32.3 Å². The summed E-state index contributed by atoms with van der Waals surface area (Å²) in [4.78, 5) is 14.3. The number of rotatable bonds is 6. The van der Waals surface area contributed by atoms with E-state index in [1.54, 1.807) is 6.07 Å². The lowest BCUT2D eigenvalue weighted by Crippen LogP contribution is -2.40. The number of benzene rings is 1. The van der Waals surface area contributed by atoms with Gasteiger partial charge in [-0.25, -0.2) is 0 Å². The Bertz CT molecular complexity index is 487. The Balaban J connectivity index is 1.70. The van der Waals surface area contributed by atoms with Gasteiger partial charge in [-0.3, -0.25) is 9.69 Å². The molecule has 1 fully saturated rings. The molecule has 0 spiro atoms. The van der Waals surface area contributed by atoms with Crippen LogP contribution in [0.3, 0.4) is 0 Å².